The minimum Gasteiger partial charge on any atom is -0.462 e. The Bertz CT molecular complexity index is 205. The van der Waals surface area contributed by atoms with Crippen molar-refractivity contribution in [2.24, 2.45) is 5.92 Å². The van der Waals surface area contributed by atoms with Crippen molar-refractivity contribution in [2.75, 3.05) is 6.54 Å². The molecule has 0 amide bonds. The Labute approximate surface area is 78.8 Å². The molecule has 2 rings (SSSR count). The van der Waals surface area contributed by atoms with Crippen LogP contribution in [-0.2, 0) is 9.53 Å². The van der Waals surface area contributed by atoms with E-state index in [1.807, 2.05) is 0 Å². The van der Waals surface area contributed by atoms with Gasteiger partial charge in [-0.1, -0.05) is 6.42 Å². The zero-order valence-corrected chi connectivity index (χ0v) is 8.08. The predicted octanol–water partition coefficient (Wildman–Crippen LogP) is 1.08. The molecule has 2 fully saturated rings. The van der Waals surface area contributed by atoms with Gasteiger partial charge in [0.2, 0.25) is 0 Å². The van der Waals surface area contributed by atoms with E-state index in [2.05, 4.69) is 5.32 Å². The molecule has 0 aromatic heterocycles. The molecule has 3 nitrogen and oxygen atoms in total. The first-order valence-electron chi connectivity index (χ1n) is 5.18. The lowest BCUT2D eigenvalue weighted by molar-refractivity contribution is -0.150. The van der Waals surface area contributed by atoms with Crippen molar-refractivity contribution in [3.05, 3.63) is 0 Å². The molecule has 1 aliphatic heterocycles. The molecule has 3 atom stereocenters. The largest absolute Gasteiger partial charge is 0.462 e. The third-order valence-electron chi connectivity index (χ3n) is 3.20. The zero-order valence-electron chi connectivity index (χ0n) is 8.08. The highest BCUT2D eigenvalue weighted by molar-refractivity contribution is 5.66. The highest BCUT2D eigenvalue weighted by Crippen LogP contribution is 2.33. The number of piperidine rings is 1. The lowest BCUT2D eigenvalue weighted by atomic mass is 9.91. The Morgan fingerprint density at radius 2 is 2.23 bits per heavy atom. The molecule has 0 radical (unpaired) electrons. The van der Waals surface area contributed by atoms with Crippen LogP contribution in [0.4, 0.5) is 0 Å². The summed E-state index contributed by atoms with van der Waals surface area (Å²) < 4.78 is 5.33. The number of hydrogen-bond acceptors (Lipinski definition) is 3. The van der Waals surface area contributed by atoms with Crippen LogP contribution >= 0.6 is 0 Å². The van der Waals surface area contributed by atoms with Gasteiger partial charge in [0.1, 0.15) is 6.10 Å². The fourth-order valence-corrected chi connectivity index (χ4v) is 2.67. The third kappa shape index (κ3) is 1.85. The van der Waals surface area contributed by atoms with E-state index < -0.39 is 0 Å². The zero-order chi connectivity index (χ0) is 9.26. The predicted molar refractivity (Wildman–Crippen MR) is 49.3 cm³/mol. The van der Waals surface area contributed by atoms with E-state index in [0.29, 0.717) is 12.0 Å². The first kappa shape index (κ1) is 9.00. The van der Waals surface area contributed by atoms with Gasteiger partial charge >= 0.3 is 5.97 Å². The van der Waals surface area contributed by atoms with Crippen molar-refractivity contribution in [3.63, 3.8) is 0 Å². The van der Waals surface area contributed by atoms with Crippen LogP contribution < -0.4 is 5.32 Å². The van der Waals surface area contributed by atoms with Crippen LogP contribution in [0, 0.1) is 5.92 Å². The molecule has 1 heterocycles. The Balaban J connectivity index is 1.97. The Kier molecular flexibility index (Phi) is 2.54. The van der Waals surface area contributed by atoms with Gasteiger partial charge in [-0.3, -0.25) is 4.79 Å². The van der Waals surface area contributed by atoms with Crippen LogP contribution in [0.25, 0.3) is 0 Å². The van der Waals surface area contributed by atoms with Gasteiger partial charge < -0.3 is 10.1 Å². The number of rotatable bonds is 1. The molecule has 3 heteroatoms. The highest BCUT2D eigenvalue weighted by atomic mass is 16.5. The topological polar surface area (TPSA) is 38.3 Å². The lowest BCUT2D eigenvalue weighted by Crippen LogP contribution is -2.46. The van der Waals surface area contributed by atoms with Crippen LogP contribution in [0.3, 0.4) is 0 Å². The summed E-state index contributed by atoms with van der Waals surface area (Å²) in [6.07, 6.45) is 4.92. The SMILES string of the molecule is CC(=O)O[C@@H]1CCN[C@H]2CCC[C@H]21. The molecule has 1 N–H and O–H groups in total. The molecule has 0 spiro atoms. The molecule has 1 aliphatic carbocycles. The standard InChI is InChI=1S/C10H17NO2/c1-7(12)13-10-5-6-11-9-4-2-3-8(9)10/h8-11H,2-6H2,1H3/t8-,9+,10-/m1/s1. The van der Waals surface area contributed by atoms with Crippen molar-refractivity contribution >= 4 is 5.97 Å². The van der Waals surface area contributed by atoms with Gasteiger partial charge in [-0.05, 0) is 25.8 Å². The highest BCUT2D eigenvalue weighted by Gasteiger charge is 2.37. The molecular weight excluding hydrogens is 166 g/mol. The van der Waals surface area contributed by atoms with Crippen LogP contribution in [-0.4, -0.2) is 24.7 Å². The third-order valence-corrected chi connectivity index (χ3v) is 3.20. The van der Waals surface area contributed by atoms with Gasteiger partial charge in [0.15, 0.2) is 0 Å². The molecule has 1 saturated carbocycles. The fourth-order valence-electron chi connectivity index (χ4n) is 2.67. The van der Waals surface area contributed by atoms with Gasteiger partial charge in [-0.15, -0.1) is 0 Å². The van der Waals surface area contributed by atoms with E-state index in [9.17, 15) is 4.79 Å². The molecular formula is C10H17NO2. The molecule has 0 unspecified atom stereocenters. The van der Waals surface area contributed by atoms with Gasteiger partial charge in [-0.25, -0.2) is 0 Å². The summed E-state index contributed by atoms with van der Waals surface area (Å²) >= 11 is 0. The van der Waals surface area contributed by atoms with Crippen molar-refractivity contribution in [1.29, 1.82) is 0 Å². The number of fused-ring (bicyclic) bond motifs is 1. The van der Waals surface area contributed by atoms with Crippen LogP contribution in [0.2, 0.25) is 0 Å². The van der Waals surface area contributed by atoms with E-state index >= 15 is 0 Å². The van der Waals surface area contributed by atoms with E-state index in [4.69, 9.17) is 4.74 Å². The van der Waals surface area contributed by atoms with Gasteiger partial charge in [0.25, 0.3) is 0 Å². The molecule has 13 heavy (non-hydrogen) atoms. The molecule has 0 aromatic carbocycles. The first-order valence-corrected chi connectivity index (χ1v) is 5.18. The molecule has 0 aromatic rings. The van der Waals surface area contributed by atoms with E-state index in [-0.39, 0.29) is 12.1 Å². The monoisotopic (exact) mass is 183 g/mol. The van der Waals surface area contributed by atoms with E-state index in [1.54, 1.807) is 0 Å². The second-order valence-corrected chi connectivity index (χ2v) is 4.09. The van der Waals surface area contributed by atoms with E-state index in [0.717, 1.165) is 13.0 Å². The minimum atomic E-state index is -0.127. The lowest BCUT2D eigenvalue weighted by Gasteiger charge is -2.33. The van der Waals surface area contributed by atoms with Crippen LogP contribution in [0.5, 0.6) is 0 Å². The quantitative estimate of drug-likeness (QED) is 0.618. The van der Waals surface area contributed by atoms with E-state index in [1.165, 1.54) is 26.2 Å². The Morgan fingerprint density at radius 3 is 3.00 bits per heavy atom. The van der Waals surface area contributed by atoms with Gasteiger partial charge in [0.05, 0.1) is 0 Å². The summed E-state index contributed by atoms with van der Waals surface area (Å²) in [6, 6.07) is 0.609. The average Bonchev–Trinajstić information content (AvgIpc) is 2.51. The van der Waals surface area contributed by atoms with Crippen LogP contribution in [0.1, 0.15) is 32.6 Å². The number of ether oxygens (including phenoxy) is 1. The maximum absolute atomic E-state index is 10.9. The Morgan fingerprint density at radius 1 is 1.38 bits per heavy atom. The summed E-state index contributed by atoms with van der Waals surface area (Å²) in [7, 11) is 0. The fraction of sp³-hybridized carbons (Fsp3) is 0.900. The molecule has 74 valence electrons. The summed E-state index contributed by atoms with van der Waals surface area (Å²) in [5.74, 6) is 0.454. The maximum atomic E-state index is 10.9. The number of hydrogen-bond donors (Lipinski definition) is 1. The number of carbonyl (C=O) groups excluding carboxylic acids is 1. The van der Waals surface area contributed by atoms with Gasteiger partial charge in [-0.2, -0.15) is 0 Å². The number of nitrogens with one attached hydrogen (secondary N) is 1. The first-order chi connectivity index (χ1) is 6.27. The average molecular weight is 183 g/mol. The molecule has 2 aliphatic rings. The van der Waals surface area contributed by atoms with Crippen molar-refractivity contribution in [3.8, 4) is 0 Å². The second kappa shape index (κ2) is 3.66. The van der Waals surface area contributed by atoms with Crippen molar-refractivity contribution in [2.45, 2.75) is 44.8 Å². The van der Waals surface area contributed by atoms with Gasteiger partial charge in [0, 0.05) is 18.9 Å². The Hall–Kier alpha value is -0.570. The van der Waals surface area contributed by atoms with Crippen molar-refractivity contribution in [1.82, 2.24) is 5.32 Å². The molecule has 1 saturated heterocycles. The summed E-state index contributed by atoms with van der Waals surface area (Å²) in [4.78, 5) is 10.9. The van der Waals surface area contributed by atoms with Crippen LogP contribution in [0.15, 0.2) is 0 Å². The number of carbonyl (C=O) groups is 1. The normalized spacial score (nSPS) is 38.4. The minimum absolute atomic E-state index is 0.127. The second-order valence-electron chi connectivity index (χ2n) is 4.09. The number of esters is 1. The smallest absolute Gasteiger partial charge is 0.302 e. The van der Waals surface area contributed by atoms with Crippen molar-refractivity contribution < 1.29 is 9.53 Å². The summed E-state index contributed by atoms with van der Waals surface area (Å²) in [5, 5.41) is 3.49. The summed E-state index contributed by atoms with van der Waals surface area (Å²) in [5.41, 5.74) is 0. The summed E-state index contributed by atoms with van der Waals surface area (Å²) in [6.45, 7) is 2.51. The maximum Gasteiger partial charge on any atom is 0.302 e. The molecule has 0 bridgehead atoms.